The van der Waals surface area contributed by atoms with Crippen molar-refractivity contribution in [3.8, 4) is 0 Å². The van der Waals surface area contributed by atoms with Crippen molar-refractivity contribution in [2.24, 2.45) is 16.5 Å². The Morgan fingerprint density at radius 2 is 2.08 bits per heavy atom. The summed E-state index contributed by atoms with van der Waals surface area (Å²) in [6.07, 6.45) is -0.336. The Bertz CT molecular complexity index is 211. The molecule has 1 fully saturated rings. The summed E-state index contributed by atoms with van der Waals surface area (Å²) in [7, 11) is 1.34. The fourth-order valence-electron chi connectivity index (χ4n) is 1.03. The monoisotopic (exact) mass is 300 g/mol. The Hall–Kier alpha value is -0.730. The van der Waals surface area contributed by atoms with Gasteiger partial charge in [-0.15, -0.1) is 24.0 Å². The average Bonchev–Trinajstić information content (AvgIpc) is 1.94. The van der Waals surface area contributed by atoms with E-state index in [0.29, 0.717) is 13.1 Å². The molecule has 0 saturated carbocycles. The summed E-state index contributed by atoms with van der Waals surface area (Å²) in [6.45, 7) is 1.06. The Kier molecular flexibility index (Phi) is 4.81. The zero-order chi connectivity index (χ0) is 9.14. The van der Waals surface area contributed by atoms with Crippen molar-refractivity contribution in [1.29, 1.82) is 0 Å². The molecule has 6 nitrogen and oxygen atoms in total. The first-order valence-corrected chi connectivity index (χ1v) is 3.55. The number of likely N-dealkylation sites (tertiary alicyclic amines) is 1. The van der Waals surface area contributed by atoms with Gasteiger partial charge < -0.3 is 21.1 Å². The number of guanidine groups is 1. The molecule has 7 heteroatoms. The fourth-order valence-corrected chi connectivity index (χ4v) is 1.03. The molecule has 13 heavy (non-hydrogen) atoms. The molecule has 0 unspecified atom stereocenters. The number of amides is 1. The Labute approximate surface area is 93.3 Å². The molecule has 0 spiro atoms. The van der Waals surface area contributed by atoms with Gasteiger partial charge in [-0.25, -0.2) is 9.79 Å². The predicted octanol–water partition coefficient (Wildman–Crippen LogP) is -0.672. The number of carbonyl (C=O) groups excluding carboxylic acids is 1. The number of carbonyl (C=O) groups is 1. The highest BCUT2D eigenvalue weighted by Gasteiger charge is 2.30. The van der Waals surface area contributed by atoms with Crippen LogP contribution in [0.25, 0.3) is 0 Å². The summed E-state index contributed by atoms with van der Waals surface area (Å²) in [5.74, 6) is 0.0597. The van der Waals surface area contributed by atoms with Gasteiger partial charge in [0.15, 0.2) is 5.96 Å². The summed E-state index contributed by atoms with van der Waals surface area (Å²) in [5.41, 5.74) is 10.3. The number of rotatable bonds is 1. The van der Waals surface area contributed by atoms with Crippen molar-refractivity contribution < 1.29 is 9.53 Å². The molecule has 76 valence electrons. The number of aliphatic imine (C=N–C) groups is 1. The lowest BCUT2D eigenvalue weighted by Crippen LogP contribution is -2.53. The highest BCUT2D eigenvalue weighted by Crippen LogP contribution is 2.11. The first-order valence-electron chi connectivity index (χ1n) is 3.55. The molecule has 0 radical (unpaired) electrons. The van der Waals surface area contributed by atoms with Crippen molar-refractivity contribution in [2.45, 2.75) is 6.04 Å². The maximum atomic E-state index is 10.8. The highest BCUT2D eigenvalue weighted by molar-refractivity contribution is 14.0. The second-order valence-corrected chi connectivity index (χ2v) is 2.58. The van der Waals surface area contributed by atoms with E-state index in [4.69, 9.17) is 11.5 Å². The molecule has 0 aromatic carbocycles. The molecule has 0 aliphatic carbocycles. The van der Waals surface area contributed by atoms with E-state index in [1.54, 1.807) is 0 Å². The van der Waals surface area contributed by atoms with E-state index in [0.717, 1.165) is 0 Å². The maximum absolute atomic E-state index is 10.8. The minimum atomic E-state index is -0.336. The van der Waals surface area contributed by atoms with Crippen molar-refractivity contribution in [3.05, 3.63) is 0 Å². The molecule has 0 atom stereocenters. The SMILES string of the molecule is COC(=O)N1CC(N=C(N)N)C1.I. The van der Waals surface area contributed by atoms with E-state index in [1.165, 1.54) is 12.0 Å². The fraction of sp³-hybridized carbons (Fsp3) is 0.667. The summed E-state index contributed by atoms with van der Waals surface area (Å²) in [4.78, 5) is 16.2. The van der Waals surface area contributed by atoms with Gasteiger partial charge in [-0.05, 0) is 0 Å². The summed E-state index contributed by atoms with van der Waals surface area (Å²) in [6, 6.07) is 0.0362. The number of nitrogens with zero attached hydrogens (tertiary/aromatic N) is 2. The van der Waals surface area contributed by atoms with Crippen molar-refractivity contribution in [1.82, 2.24) is 4.90 Å². The Balaban J connectivity index is 0.00000144. The second-order valence-electron chi connectivity index (χ2n) is 2.58. The van der Waals surface area contributed by atoms with Gasteiger partial charge in [-0.1, -0.05) is 0 Å². The lowest BCUT2D eigenvalue weighted by atomic mass is 10.1. The number of methoxy groups -OCH3 is 1. The van der Waals surface area contributed by atoms with Crippen LogP contribution in [0.4, 0.5) is 4.79 Å². The molecular weight excluding hydrogens is 287 g/mol. The normalized spacial score (nSPS) is 15.3. The third kappa shape index (κ3) is 3.25. The molecule has 4 N–H and O–H groups in total. The van der Waals surface area contributed by atoms with Crippen LogP contribution in [0.2, 0.25) is 0 Å². The maximum Gasteiger partial charge on any atom is 0.409 e. The van der Waals surface area contributed by atoms with Gasteiger partial charge in [0, 0.05) is 13.1 Å². The second kappa shape index (κ2) is 5.10. The van der Waals surface area contributed by atoms with Crippen molar-refractivity contribution in [2.75, 3.05) is 20.2 Å². The third-order valence-electron chi connectivity index (χ3n) is 1.63. The molecule has 1 rings (SSSR count). The number of ether oxygens (including phenoxy) is 1. The molecule has 0 aromatic rings. The van der Waals surface area contributed by atoms with Gasteiger partial charge >= 0.3 is 6.09 Å². The highest BCUT2D eigenvalue weighted by atomic mass is 127. The van der Waals surface area contributed by atoms with E-state index in [9.17, 15) is 4.79 Å². The third-order valence-corrected chi connectivity index (χ3v) is 1.63. The molecule has 1 amide bonds. The van der Waals surface area contributed by atoms with Gasteiger partial charge in [-0.3, -0.25) is 0 Å². The summed E-state index contributed by atoms with van der Waals surface area (Å²) in [5, 5.41) is 0. The van der Waals surface area contributed by atoms with Gasteiger partial charge in [0.2, 0.25) is 0 Å². The lowest BCUT2D eigenvalue weighted by molar-refractivity contribution is 0.0897. The van der Waals surface area contributed by atoms with Crippen LogP contribution < -0.4 is 11.5 Å². The van der Waals surface area contributed by atoms with Gasteiger partial charge in [0.25, 0.3) is 0 Å². The average molecular weight is 300 g/mol. The Morgan fingerprint density at radius 1 is 1.54 bits per heavy atom. The first-order chi connectivity index (χ1) is 5.63. The zero-order valence-electron chi connectivity index (χ0n) is 7.27. The molecule has 1 saturated heterocycles. The summed E-state index contributed by atoms with van der Waals surface area (Å²) >= 11 is 0. The van der Waals surface area contributed by atoms with Crippen LogP contribution in [0.5, 0.6) is 0 Å². The van der Waals surface area contributed by atoms with Gasteiger partial charge in [-0.2, -0.15) is 0 Å². The van der Waals surface area contributed by atoms with Crippen LogP contribution in [0, 0.1) is 0 Å². The van der Waals surface area contributed by atoms with E-state index in [1.807, 2.05) is 0 Å². The Morgan fingerprint density at radius 3 is 2.46 bits per heavy atom. The molecule has 1 aliphatic rings. The van der Waals surface area contributed by atoms with E-state index in [2.05, 4.69) is 9.73 Å². The number of nitrogens with two attached hydrogens (primary N) is 2. The quantitative estimate of drug-likeness (QED) is 0.381. The van der Waals surface area contributed by atoms with E-state index < -0.39 is 0 Å². The molecule has 0 aromatic heterocycles. The molecular formula is C6H13IN4O2. The minimum absolute atomic E-state index is 0. The van der Waals surface area contributed by atoms with Gasteiger partial charge in [0.05, 0.1) is 13.2 Å². The number of hydrogen-bond acceptors (Lipinski definition) is 3. The molecule has 1 aliphatic heterocycles. The van der Waals surface area contributed by atoms with Crippen LogP contribution in [-0.4, -0.2) is 43.2 Å². The van der Waals surface area contributed by atoms with Crippen molar-refractivity contribution >= 4 is 36.0 Å². The molecule has 1 heterocycles. The lowest BCUT2D eigenvalue weighted by Gasteiger charge is -2.35. The number of halogens is 1. The van der Waals surface area contributed by atoms with E-state index in [-0.39, 0.29) is 42.1 Å². The van der Waals surface area contributed by atoms with E-state index >= 15 is 0 Å². The van der Waals surface area contributed by atoms with Gasteiger partial charge in [0.1, 0.15) is 0 Å². The largest absolute Gasteiger partial charge is 0.453 e. The minimum Gasteiger partial charge on any atom is -0.453 e. The van der Waals surface area contributed by atoms with Crippen LogP contribution in [0.3, 0.4) is 0 Å². The predicted molar refractivity (Wildman–Crippen MR) is 59.0 cm³/mol. The van der Waals surface area contributed by atoms with Crippen LogP contribution in [0.1, 0.15) is 0 Å². The standard InChI is InChI=1S/C6H12N4O2.HI/c1-12-6(11)10-2-4(3-10)9-5(7)8;/h4H,2-3H2,1H3,(H4,7,8,9);1H. The van der Waals surface area contributed by atoms with Crippen molar-refractivity contribution in [3.63, 3.8) is 0 Å². The smallest absolute Gasteiger partial charge is 0.409 e. The number of hydrogen-bond donors (Lipinski definition) is 2. The first kappa shape index (κ1) is 12.3. The summed E-state index contributed by atoms with van der Waals surface area (Å²) < 4.78 is 4.48. The topological polar surface area (TPSA) is 93.9 Å². The van der Waals surface area contributed by atoms with Crippen LogP contribution in [0.15, 0.2) is 4.99 Å². The molecule has 0 bridgehead atoms. The zero-order valence-corrected chi connectivity index (χ0v) is 9.60. The van der Waals surface area contributed by atoms with Crippen LogP contribution >= 0.6 is 24.0 Å². The van der Waals surface area contributed by atoms with Crippen LogP contribution in [-0.2, 0) is 4.74 Å².